The van der Waals surface area contributed by atoms with Gasteiger partial charge in [0.25, 0.3) is 0 Å². The summed E-state index contributed by atoms with van der Waals surface area (Å²) in [6.45, 7) is 0.252. The molecule has 1 aromatic heterocycles. The third-order valence-electron chi connectivity index (χ3n) is 4.24. The molecule has 0 fully saturated rings. The van der Waals surface area contributed by atoms with Gasteiger partial charge in [-0.25, -0.2) is 14.6 Å². The standard InChI is InChI=1S/C22H19ClN2O6S/c1-29-21(27)13-3-8-17(22(28)30-2)18(9-13)25-19(26)10-15-12-32-20(24-15)11-31-16-6-4-14(23)5-7-16/h3-9,12H,10-11H2,1-2H3,(H,25,26). The van der Waals surface area contributed by atoms with E-state index in [4.69, 9.17) is 21.1 Å². The molecular weight excluding hydrogens is 456 g/mol. The van der Waals surface area contributed by atoms with Crippen molar-refractivity contribution in [2.24, 2.45) is 0 Å². The molecule has 0 aliphatic rings. The summed E-state index contributed by atoms with van der Waals surface area (Å²) >= 11 is 7.22. The maximum atomic E-state index is 12.6. The van der Waals surface area contributed by atoms with Crippen LogP contribution in [-0.2, 0) is 27.3 Å². The molecule has 0 spiro atoms. The Hall–Kier alpha value is -3.43. The van der Waals surface area contributed by atoms with Gasteiger partial charge in [-0.3, -0.25) is 4.79 Å². The van der Waals surface area contributed by atoms with Crippen molar-refractivity contribution < 1.29 is 28.6 Å². The number of halogens is 1. The van der Waals surface area contributed by atoms with Gasteiger partial charge in [0.1, 0.15) is 17.4 Å². The highest BCUT2D eigenvalue weighted by atomic mass is 35.5. The van der Waals surface area contributed by atoms with Crippen molar-refractivity contribution in [3.8, 4) is 5.75 Å². The number of hydrogen-bond acceptors (Lipinski definition) is 8. The fourth-order valence-electron chi connectivity index (χ4n) is 2.71. The van der Waals surface area contributed by atoms with Crippen molar-refractivity contribution in [1.82, 2.24) is 4.98 Å². The first kappa shape index (κ1) is 23.2. The highest BCUT2D eigenvalue weighted by Gasteiger charge is 2.18. The molecule has 1 amide bonds. The predicted molar refractivity (Wildman–Crippen MR) is 119 cm³/mol. The Morgan fingerprint density at radius 1 is 1.03 bits per heavy atom. The third-order valence-corrected chi connectivity index (χ3v) is 5.36. The first-order valence-electron chi connectivity index (χ1n) is 9.31. The number of thiazole rings is 1. The smallest absolute Gasteiger partial charge is 0.339 e. The van der Waals surface area contributed by atoms with E-state index in [1.165, 1.54) is 43.8 Å². The van der Waals surface area contributed by atoms with Gasteiger partial charge in [-0.1, -0.05) is 11.6 Å². The molecule has 0 atom stereocenters. The Balaban J connectivity index is 1.65. The van der Waals surface area contributed by atoms with Crippen LogP contribution < -0.4 is 10.1 Å². The molecule has 1 N–H and O–H groups in total. The molecule has 3 aromatic rings. The van der Waals surface area contributed by atoms with Gasteiger partial charge in [0.15, 0.2) is 0 Å². The summed E-state index contributed by atoms with van der Waals surface area (Å²) in [7, 11) is 2.47. The van der Waals surface area contributed by atoms with Gasteiger partial charge in [0, 0.05) is 10.4 Å². The van der Waals surface area contributed by atoms with E-state index in [1.54, 1.807) is 29.6 Å². The minimum atomic E-state index is -0.646. The second-order valence-electron chi connectivity index (χ2n) is 6.44. The fourth-order valence-corrected chi connectivity index (χ4v) is 3.54. The van der Waals surface area contributed by atoms with Crippen LogP contribution in [0.4, 0.5) is 5.69 Å². The van der Waals surface area contributed by atoms with Crippen molar-refractivity contribution in [3.63, 3.8) is 0 Å². The molecule has 3 rings (SSSR count). The number of aromatic nitrogens is 1. The topological polar surface area (TPSA) is 104 Å². The molecule has 8 nitrogen and oxygen atoms in total. The Morgan fingerprint density at radius 2 is 1.75 bits per heavy atom. The minimum Gasteiger partial charge on any atom is -0.486 e. The number of ether oxygens (including phenoxy) is 3. The summed E-state index contributed by atoms with van der Waals surface area (Å²) in [6, 6.07) is 11.1. The van der Waals surface area contributed by atoms with Crippen molar-refractivity contribution in [1.29, 1.82) is 0 Å². The van der Waals surface area contributed by atoms with Crippen molar-refractivity contribution in [2.75, 3.05) is 19.5 Å². The van der Waals surface area contributed by atoms with E-state index in [2.05, 4.69) is 15.0 Å². The Bertz CT molecular complexity index is 1130. The molecule has 0 saturated carbocycles. The van der Waals surface area contributed by atoms with E-state index in [9.17, 15) is 14.4 Å². The molecule has 0 saturated heterocycles. The molecule has 0 unspecified atom stereocenters. The first-order valence-corrected chi connectivity index (χ1v) is 10.6. The molecule has 0 radical (unpaired) electrons. The van der Waals surface area contributed by atoms with E-state index >= 15 is 0 Å². The van der Waals surface area contributed by atoms with Gasteiger partial charge in [-0.05, 0) is 42.5 Å². The number of nitrogens with one attached hydrogen (secondary N) is 1. The van der Waals surface area contributed by atoms with Gasteiger partial charge >= 0.3 is 11.9 Å². The number of nitrogens with zero attached hydrogens (tertiary/aromatic N) is 1. The largest absolute Gasteiger partial charge is 0.486 e. The number of rotatable bonds is 8. The van der Waals surface area contributed by atoms with Crippen LogP contribution in [0.2, 0.25) is 5.02 Å². The molecule has 32 heavy (non-hydrogen) atoms. The Kier molecular flexibility index (Phi) is 7.80. The summed E-state index contributed by atoms with van der Waals surface area (Å²) in [5.41, 5.74) is 0.992. The lowest BCUT2D eigenvalue weighted by atomic mass is 10.1. The van der Waals surface area contributed by atoms with Gasteiger partial charge in [0.05, 0.1) is 43.1 Å². The highest BCUT2D eigenvalue weighted by molar-refractivity contribution is 7.09. The lowest BCUT2D eigenvalue weighted by Crippen LogP contribution is -2.18. The van der Waals surface area contributed by atoms with E-state index < -0.39 is 17.8 Å². The number of methoxy groups -OCH3 is 2. The van der Waals surface area contributed by atoms with Crippen LogP contribution in [0, 0.1) is 0 Å². The maximum Gasteiger partial charge on any atom is 0.339 e. The summed E-state index contributed by atoms with van der Waals surface area (Å²) in [5, 5.41) is 5.71. The molecule has 10 heteroatoms. The van der Waals surface area contributed by atoms with Gasteiger partial charge in [-0.15, -0.1) is 11.3 Å². The van der Waals surface area contributed by atoms with Gasteiger partial charge in [-0.2, -0.15) is 0 Å². The van der Waals surface area contributed by atoms with Crippen LogP contribution in [-0.4, -0.2) is 37.0 Å². The average molecular weight is 475 g/mol. The van der Waals surface area contributed by atoms with Crippen LogP contribution in [0.3, 0.4) is 0 Å². The molecule has 0 aliphatic carbocycles. The summed E-state index contributed by atoms with van der Waals surface area (Å²) < 4.78 is 15.1. The zero-order chi connectivity index (χ0) is 23.1. The van der Waals surface area contributed by atoms with Crippen molar-refractivity contribution >= 4 is 46.5 Å². The molecule has 166 valence electrons. The number of carbonyl (C=O) groups excluding carboxylic acids is 3. The SMILES string of the molecule is COC(=O)c1ccc(C(=O)OC)c(NC(=O)Cc2csc(COc3ccc(Cl)cc3)n2)c1. The number of esters is 2. The number of hydrogen-bond donors (Lipinski definition) is 1. The summed E-state index contributed by atoms with van der Waals surface area (Å²) in [4.78, 5) is 40.8. The second kappa shape index (κ2) is 10.7. The van der Waals surface area contributed by atoms with E-state index in [0.717, 1.165) is 0 Å². The zero-order valence-electron chi connectivity index (χ0n) is 17.2. The predicted octanol–water partition coefficient (Wildman–Crippen LogP) is 4.13. The normalized spacial score (nSPS) is 10.3. The molecule has 1 heterocycles. The molecule has 0 bridgehead atoms. The van der Waals surface area contributed by atoms with Gasteiger partial charge < -0.3 is 19.5 Å². The van der Waals surface area contributed by atoms with Crippen LogP contribution in [0.25, 0.3) is 0 Å². The monoisotopic (exact) mass is 474 g/mol. The van der Waals surface area contributed by atoms with Crippen LogP contribution in [0.5, 0.6) is 5.75 Å². The Morgan fingerprint density at radius 3 is 2.44 bits per heavy atom. The zero-order valence-corrected chi connectivity index (χ0v) is 18.8. The Labute approximate surface area is 193 Å². The quantitative estimate of drug-likeness (QED) is 0.489. The second-order valence-corrected chi connectivity index (χ2v) is 7.82. The van der Waals surface area contributed by atoms with Crippen molar-refractivity contribution in [2.45, 2.75) is 13.0 Å². The summed E-state index contributed by atoms with van der Waals surface area (Å²) in [6.07, 6.45) is -0.0273. The third kappa shape index (κ3) is 6.05. The maximum absolute atomic E-state index is 12.6. The lowest BCUT2D eigenvalue weighted by molar-refractivity contribution is -0.115. The van der Waals surface area contributed by atoms with E-state index in [1.807, 2.05) is 0 Å². The molecule has 0 aliphatic heterocycles. The highest BCUT2D eigenvalue weighted by Crippen LogP contribution is 2.21. The number of amides is 1. The number of carbonyl (C=O) groups is 3. The average Bonchev–Trinajstić information content (AvgIpc) is 3.24. The van der Waals surface area contributed by atoms with Crippen LogP contribution in [0.15, 0.2) is 47.8 Å². The number of benzene rings is 2. The fraction of sp³-hybridized carbons (Fsp3) is 0.182. The van der Waals surface area contributed by atoms with Crippen LogP contribution in [0.1, 0.15) is 31.4 Å². The molecule has 2 aromatic carbocycles. The minimum absolute atomic E-state index is 0.0273. The molecular formula is C22H19ClN2O6S. The van der Waals surface area contributed by atoms with Crippen molar-refractivity contribution in [3.05, 3.63) is 74.7 Å². The lowest BCUT2D eigenvalue weighted by Gasteiger charge is -2.11. The van der Waals surface area contributed by atoms with E-state index in [-0.39, 0.29) is 29.8 Å². The van der Waals surface area contributed by atoms with Crippen LogP contribution >= 0.6 is 22.9 Å². The van der Waals surface area contributed by atoms with E-state index in [0.29, 0.717) is 21.5 Å². The summed E-state index contributed by atoms with van der Waals surface area (Å²) in [5.74, 6) is -0.994. The van der Waals surface area contributed by atoms with Gasteiger partial charge in [0.2, 0.25) is 5.91 Å². The first-order chi connectivity index (χ1) is 15.4. The number of anilines is 1.